The summed E-state index contributed by atoms with van der Waals surface area (Å²) in [6, 6.07) is 10.9. The van der Waals surface area contributed by atoms with Gasteiger partial charge in [-0.25, -0.2) is 9.78 Å². The van der Waals surface area contributed by atoms with E-state index in [1.807, 2.05) is 6.92 Å². The Labute approximate surface area is 230 Å². The van der Waals surface area contributed by atoms with Crippen LogP contribution in [0.4, 0.5) is 5.13 Å². The van der Waals surface area contributed by atoms with Crippen molar-refractivity contribution >= 4 is 39.9 Å². The van der Waals surface area contributed by atoms with Gasteiger partial charge in [0.2, 0.25) is 0 Å². The number of carbonyl (C=O) groups is 3. The van der Waals surface area contributed by atoms with Crippen LogP contribution in [-0.4, -0.2) is 48.1 Å². The average molecular weight is 549 g/mol. The molecule has 1 amide bonds. The fourth-order valence-electron chi connectivity index (χ4n) is 4.37. The summed E-state index contributed by atoms with van der Waals surface area (Å²) in [4.78, 5) is 45.5. The van der Waals surface area contributed by atoms with Crippen LogP contribution in [-0.2, 0) is 14.3 Å². The molecule has 2 aromatic carbocycles. The number of carbonyl (C=O) groups excluding carboxylic acids is 3. The van der Waals surface area contributed by atoms with Crippen LogP contribution >= 0.6 is 11.3 Å². The van der Waals surface area contributed by atoms with E-state index in [4.69, 9.17) is 14.2 Å². The molecule has 0 bridgehead atoms. The fraction of sp³-hybridized carbons (Fsp3) is 0.241. The smallest absolute Gasteiger partial charge is 0.350 e. The first-order chi connectivity index (χ1) is 18.7. The van der Waals surface area contributed by atoms with Gasteiger partial charge in [-0.3, -0.25) is 14.5 Å². The van der Waals surface area contributed by atoms with Gasteiger partial charge >= 0.3 is 11.9 Å². The molecule has 1 saturated heterocycles. The summed E-state index contributed by atoms with van der Waals surface area (Å²) in [7, 11) is 1.53. The number of rotatable bonds is 9. The quantitative estimate of drug-likeness (QED) is 0.129. The van der Waals surface area contributed by atoms with Gasteiger partial charge in [0.05, 0.1) is 25.0 Å². The maximum Gasteiger partial charge on any atom is 0.350 e. The molecule has 10 heteroatoms. The highest BCUT2D eigenvalue weighted by atomic mass is 32.1. The molecule has 0 saturated carbocycles. The number of hydrogen-bond acceptors (Lipinski definition) is 9. The van der Waals surface area contributed by atoms with Gasteiger partial charge in [0.1, 0.15) is 34.8 Å². The van der Waals surface area contributed by atoms with Crippen molar-refractivity contribution in [2.75, 3.05) is 25.2 Å². The van der Waals surface area contributed by atoms with E-state index in [2.05, 4.69) is 11.6 Å². The number of thiazole rings is 1. The molecule has 1 aliphatic rings. The molecule has 1 N–H and O–H groups in total. The number of aliphatic hydroxyl groups excluding tert-OH is 1. The zero-order valence-electron chi connectivity index (χ0n) is 22.0. The Morgan fingerprint density at radius 2 is 1.95 bits per heavy atom. The summed E-state index contributed by atoms with van der Waals surface area (Å²) in [6.07, 6.45) is 1.44. The monoisotopic (exact) mass is 548 g/mol. The van der Waals surface area contributed by atoms with Crippen molar-refractivity contribution in [3.63, 3.8) is 0 Å². The largest absolute Gasteiger partial charge is 0.507 e. The van der Waals surface area contributed by atoms with Crippen molar-refractivity contribution in [2.24, 2.45) is 0 Å². The number of esters is 1. The summed E-state index contributed by atoms with van der Waals surface area (Å²) in [5.74, 6) is -1.72. The second-order valence-electron chi connectivity index (χ2n) is 8.62. The number of methoxy groups -OCH3 is 1. The van der Waals surface area contributed by atoms with Gasteiger partial charge < -0.3 is 19.3 Å². The van der Waals surface area contributed by atoms with Crippen LogP contribution in [0.15, 0.2) is 60.7 Å². The van der Waals surface area contributed by atoms with Gasteiger partial charge in [-0.1, -0.05) is 42.2 Å². The van der Waals surface area contributed by atoms with E-state index in [1.54, 1.807) is 56.3 Å². The minimum Gasteiger partial charge on any atom is -0.507 e. The predicted octanol–water partition coefficient (Wildman–Crippen LogP) is 5.14. The molecule has 1 atom stereocenters. The zero-order valence-corrected chi connectivity index (χ0v) is 22.8. The van der Waals surface area contributed by atoms with Crippen molar-refractivity contribution in [3.05, 3.63) is 88.0 Å². The van der Waals surface area contributed by atoms with Crippen LogP contribution in [0.5, 0.6) is 11.5 Å². The Bertz CT molecular complexity index is 1490. The number of nitrogens with zero attached hydrogens (tertiary/aromatic N) is 2. The van der Waals surface area contributed by atoms with Crippen molar-refractivity contribution in [2.45, 2.75) is 26.8 Å². The second-order valence-corrected chi connectivity index (χ2v) is 9.60. The van der Waals surface area contributed by atoms with Crippen LogP contribution in [0.1, 0.15) is 45.0 Å². The highest BCUT2D eigenvalue weighted by Gasteiger charge is 2.49. The number of benzene rings is 2. The number of ketones is 1. The summed E-state index contributed by atoms with van der Waals surface area (Å²) in [5.41, 5.74) is 1.72. The maximum absolute atomic E-state index is 13.6. The Kier molecular flexibility index (Phi) is 8.15. The highest BCUT2D eigenvalue weighted by molar-refractivity contribution is 7.17. The number of Topliss-reactive ketones (excluding diaryl/α,β-unsaturated/α-hetero) is 1. The standard InChI is InChI=1S/C29H28N2O7S/c1-6-14-38-28(35)26-17(4)30-29(39-26)31-23(20-10-8-9-11-21(20)37-7-2)22(25(33)27(31)34)24(32)19-13-12-18(36-5)15-16(19)3/h6,8-13,15,23,32H,1,7,14H2,2-5H3/b24-22+. The Morgan fingerprint density at radius 3 is 2.62 bits per heavy atom. The number of aryl methyl sites for hydroxylation is 2. The molecule has 0 aliphatic carbocycles. The van der Waals surface area contributed by atoms with E-state index in [9.17, 15) is 19.5 Å². The maximum atomic E-state index is 13.6. The lowest BCUT2D eigenvalue weighted by Gasteiger charge is -2.25. The topological polar surface area (TPSA) is 115 Å². The predicted molar refractivity (Wildman–Crippen MR) is 147 cm³/mol. The SMILES string of the molecule is C=CCOC(=O)c1sc(N2C(=O)C(=O)/C(=C(/O)c3ccc(OC)cc3C)C2c2ccccc2OCC)nc1C. The van der Waals surface area contributed by atoms with E-state index in [0.717, 1.165) is 11.3 Å². The molecule has 202 valence electrons. The molecule has 39 heavy (non-hydrogen) atoms. The molecule has 3 aromatic rings. The summed E-state index contributed by atoms with van der Waals surface area (Å²) < 4.78 is 16.3. The van der Waals surface area contributed by atoms with Crippen molar-refractivity contribution < 1.29 is 33.7 Å². The molecule has 4 rings (SSSR count). The van der Waals surface area contributed by atoms with Gasteiger partial charge in [-0.2, -0.15) is 0 Å². The minimum atomic E-state index is -1.07. The van der Waals surface area contributed by atoms with Crippen LogP contribution in [0.25, 0.3) is 5.76 Å². The Hall–Kier alpha value is -4.44. The first-order valence-electron chi connectivity index (χ1n) is 12.2. The van der Waals surface area contributed by atoms with E-state index in [-0.39, 0.29) is 27.9 Å². The lowest BCUT2D eigenvalue weighted by molar-refractivity contribution is -0.132. The average Bonchev–Trinajstić information content (AvgIpc) is 3.43. The molecule has 0 spiro atoms. The lowest BCUT2D eigenvalue weighted by atomic mass is 9.93. The Balaban J connectivity index is 1.94. The van der Waals surface area contributed by atoms with Gasteiger partial charge in [0, 0.05) is 11.1 Å². The lowest BCUT2D eigenvalue weighted by Crippen LogP contribution is -2.29. The van der Waals surface area contributed by atoms with Crippen molar-refractivity contribution in [3.8, 4) is 11.5 Å². The molecule has 0 radical (unpaired) electrons. The molecular formula is C29H28N2O7S. The second kappa shape index (κ2) is 11.5. The van der Waals surface area contributed by atoms with Crippen LogP contribution in [0.2, 0.25) is 0 Å². The van der Waals surface area contributed by atoms with E-state index < -0.39 is 23.7 Å². The molecule has 1 fully saturated rings. The molecule has 2 heterocycles. The van der Waals surface area contributed by atoms with Crippen LogP contribution in [0, 0.1) is 13.8 Å². The fourth-order valence-corrected chi connectivity index (χ4v) is 5.35. The normalized spacial score (nSPS) is 16.3. The third kappa shape index (κ3) is 5.15. The van der Waals surface area contributed by atoms with E-state index >= 15 is 0 Å². The van der Waals surface area contributed by atoms with Gasteiger partial charge in [0.15, 0.2) is 5.13 Å². The molecular weight excluding hydrogens is 520 g/mol. The number of hydrogen-bond donors (Lipinski definition) is 1. The summed E-state index contributed by atoms with van der Waals surface area (Å²) in [5, 5.41) is 11.6. The summed E-state index contributed by atoms with van der Waals surface area (Å²) >= 11 is 0.928. The third-order valence-corrected chi connectivity index (χ3v) is 7.29. The number of ether oxygens (including phenoxy) is 3. The van der Waals surface area contributed by atoms with Gasteiger partial charge in [0.25, 0.3) is 5.78 Å². The van der Waals surface area contributed by atoms with E-state index in [1.165, 1.54) is 18.1 Å². The van der Waals surface area contributed by atoms with Gasteiger partial charge in [-0.15, -0.1) is 0 Å². The number of aromatic nitrogens is 1. The number of amides is 1. The van der Waals surface area contributed by atoms with E-state index in [0.29, 0.717) is 40.5 Å². The first kappa shape index (κ1) is 27.6. The summed E-state index contributed by atoms with van der Waals surface area (Å²) in [6.45, 7) is 9.09. The number of para-hydroxylation sites is 1. The molecule has 1 unspecified atom stereocenters. The molecule has 1 aromatic heterocycles. The van der Waals surface area contributed by atoms with Gasteiger partial charge in [-0.05, 0) is 50.6 Å². The number of anilines is 1. The third-order valence-electron chi connectivity index (χ3n) is 6.16. The van der Waals surface area contributed by atoms with Crippen LogP contribution in [0.3, 0.4) is 0 Å². The first-order valence-corrected chi connectivity index (χ1v) is 13.0. The molecule has 1 aliphatic heterocycles. The minimum absolute atomic E-state index is 0.0129. The number of aliphatic hydroxyl groups is 1. The van der Waals surface area contributed by atoms with Crippen molar-refractivity contribution in [1.29, 1.82) is 0 Å². The molecule has 9 nitrogen and oxygen atoms in total. The Morgan fingerprint density at radius 1 is 1.21 bits per heavy atom. The van der Waals surface area contributed by atoms with Crippen LogP contribution < -0.4 is 14.4 Å². The van der Waals surface area contributed by atoms with Crippen molar-refractivity contribution in [1.82, 2.24) is 4.98 Å². The highest BCUT2D eigenvalue weighted by Crippen LogP contribution is 2.46. The zero-order chi connectivity index (χ0) is 28.3.